The molecule has 0 saturated heterocycles. The lowest BCUT2D eigenvalue weighted by Crippen LogP contribution is -2.01. The summed E-state index contributed by atoms with van der Waals surface area (Å²) in [5.74, 6) is 0.488. The van der Waals surface area contributed by atoms with E-state index in [-0.39, 0.29) is 5.92 Å². The first kappa shape index (κ1) is 14.7. The fraction of sp³-hybridized carbons (Fsp3) is 0.714. The Morgan fingerprint density at radius 3 is 2.25 bits per heavy atom. The smallest absolute Gasteiger partial charge is 0.0697 e. The average molecular weight is 218 g/mol. The minimum atomic E-state index is 0.0366. The first-order valence-corrected chi connectivity index (χ1v) is 6.17. The van der Waals surface area contributed by atoms with E-state index in [1.807, 2.05) is 6.92 Å². The van der Waals surface area contributed by atoms with Crippen molar-refractivity contribution >= 4 is 0 Å². The molecular formula is C14H22N2. The third-order valence-corrected chi connectivity index (χ3v) is 3.00. The zero-order chi connectivity index (χ0) is 12.4. The molecule has 0 heterocycles. The van der Waals surface area contributed by atoms with E-state index in [1.165, 1.54) is 5.57 Å². The quantitative estimate of drug-likeness (QED) is 0.601. The molecular weight excluding hydrogens is 196 g/mol. The summed E-state index contributed by atoms with van der Waals surface area (Å²) >= 11 is 0. The van der Waals surface area contributed by atoms with E-state index in [1.54, 1.807) is 0 Å². The molecule has 0 radical (unpaired) electrons. The summed E-state index contributed by atoms with van der Waals surface area (Å²) in [6.07, 6.45) is 6.58. The number of rotatable bonds is 7. The van der Waals surface area contributed by atoms with Crippen molar-refractivity contribution in [2.45, 2.75) is 52.9 Å². The van der Waals surface area contributed by atoms with Crippen LogP contribution in [0.2, 0.25) is 0 Å². The maximum absolute atomic E-state index is 8.92. The van der Waals surface area contributed by atoms with Crippen molar-refractivity contribution in [3.63, 3.8) is 0 Å². The van der Waals surface area contributed by atoms with Gasteiger partial charge < -0.3 is 0 Å². The Hall–Kier alpha value is -1.28. The van der Waals surface area contributed by atoms with Gasteiger partial charge in [-0.15, -0.1) is 0 Å². The van der Waals surface area contributed by atoms with Crippen LogP contribution in [0.3, 0.4) is 0 Å². The third-order valence-electron chi connectivity index (χ3n) is 3.00. The zero-order valence-corrected chi connectivity index (χ0v) is 10.7. The van der Waals surface area contributed by atoms with Crippen LogP contribution in [0.4, 0.5) is 0 Å². The molecule has 0 saturated carbocycles. The van der Waals surface area contributed by atoms with E-state index in [9.17, 15) is 0 Å². The number of allylic oxidation sites excluding steroid dienone is 2. The van der Waals surface area contributed by atoms with Crippen LogP contribution in [-0.4, -0.2) is 0 Å². The number of hydrogen-bond acceptors (Lipinski definition) is 2. The topological polar surface area (TPSA) is 47.6 Å². The Morgan fingerprint density at radius 2 is 1.88 bits per heavy atom. The second kappa shape index (κ2) is 8.98. The highest BCUT2D eigenvalue weighted by molar-refractivity contribution is 5.10. The summed E-state index contributed by atoms with van der Waals surface area (Å²) in [7, 11) is 0. The molecule has 0 amide bonds. The van der Waals surface area contributed by atoms with E-state index >= 15 is 0 Å². The second-order valence-corrected chi connectivity index (χ2v) is 4.16. The van der Waals surface area contributed by atoms with Crippen molar-refractivity contribution in [3.05, 3.63) is 11.6 Å². The number of hydrogen-bond donors (Lipinski definition) is 0. The zero-order valence-electron chi connectivity index (χ0n) is 10.7. The van der Waals surface area contributed by atoms with Crippen molar-refractivity contribution < 1.29 is 0 Å². The van der Waals surface area contributed by atoms with Crippen molar-refractivity contribution in [3.8, 4) is 12.1 Å². The van der Waals surface area contributed by atoms with Gasteiger partial charge in [0.1, 0.15) is 0 Å². The van der Waals surface area contributed by atoms with E-state index in [0.29, 0.717) is 12.3 Å². The molecule has 0 fully saturated rings. The second-order valence-electron chi connectivity index (χ2n) is 4.16. The summed E-state index contributed by atoms with van der Waals surface area (Å²) < 4.78 is 0. The minimum absolute atomic E-state index is 0.0366. The molecule has 88 valence electrons. The number of nitriles is 2. The van der Waals surface area contributed by atoms with E-state index in [4.69, 9.17) is 10.5 Å². The maximum Gasteiger partial charge on any atom is 0.0697 e. The Balaban J connectivity index is 4.50. The van der Waals surface area contributed by atoms with Gasteiger partial charge in [0.2, 0.25) is 0 Å². The molecule has 0 bridgehead atoms. The highest BCUT2D eigenvalue weighted by atomic mass is 14.3. The normalized spacial score (nSPS) is 14.9. The maximum atomic E-state index is 8.92. The van der Waals surface area contributed by atoms with Crippen LogP contribution in [-0.2, 0) is 0 Å². The summed E-state index contributed by atoms with van der Waals surface area (Å²) in [6.45, 7) is 6.27. The van der Waals surface area contributed by atoms with Crippen LogP contribution in [0, 0.1) is 34.5 Å². The molecule has 2 atom stereocenters. The van der Waals surface area contributed by atoms with Crippen LogP contribution in [0.15, 0.2) is 11.6 Å². The molecule has 16 heavy (non-hydrogen) atoms. The van der Waals surface area contributed by atoms with Gasteiger partial charge >= 0.3 is 0 Å². The Kier molecular flexibility index (Phi) is 8.26. The largest absolute Gasteiger partial charge is 0.198 e. The Bertz CT molecular complexity index is 291. The monoisotopic (exact) mass is 218 g/mol. The molecule has 0 aromatic rings. The molecule has 0 N–H and O–H groups in total. The van der Waals surface area contributed by atoms with Gasteiger partial charge in [-0.3, -0.25) is 0 Å². The van der Waals surface area contributed by atoms with Crippen LogP contribution in [0.25, 0.3) is 0 Å². The summed E-state index contributed by atoms with van der Waals surface area (Å²) in [6, 6.07) is 4.54. The summed E-state index contributed by atoms with van der Waals surface area (Å²) in [5.41, 5.74) is 1.33. The van der Waals surface area contributed by atoms with Gasteiger partial charge in [0.05, 0.1) is 18.1 Å². The molecule has 2 unspecified atom stereocenters. The van der Waals surface area contributed by atoms with E-state index in [0.717, 1.165) is 25.7 Å². The molecule has 0 spiro atoms. The van der Waals surface area contributed by atoms with Crippen molar-refractivity contribution in [2.24, 2.45) is 11.8 Å². The minimum Gasteiger partial charge on any atom is -0.198 e. The van der Waals surface area contributed by atoms with Gasteiger partial charge in [-0.1, -0.05) is 38.8 Å². The summed E-state index contributed by atoms with van der Waals surface area (Å²) in [4.78, 5) is 0. The van der Waals surface area contributed by atoms with Crippen molar-refractivity contribution in [1.29, 1.82) is 10.5 Å². The fourth-order valence-corrected chi connectivity index (χ4v) is 1.72. The SMILES string of the molecule is CCC(=CC(C#N)CC)CC(CC)CC#N. The molecule has 0 aromatic carbocycles. The molecule has 0 rings (SSSR count). The standard InChI is InChI=1S/C14H22N2/c1-4-12(7-8-15)9-13(5-2)10-14(6-3)11-16/h10,12,14H,4-7,9H2,1-3H3. The van der Waals surface area contributed by atoms with Crippen molar-refractivity contribution in [1.82, 2.24) is 0 Å². The predicted molar refractivity (Wildman–Crippen MR) is 66.4 cm³/mol. The first-order valence-electron chi connectivity index (χ1n) is 6.17. The van der Waals surface area contributed by atoms with Gasteiger partial charge in [-0.25, -0.2) is 0 Å². The Labute approximate surface area is 99.6 Å². The van der Waals surface area contributed by atoms with Crippen LogP contribution in [0.1, 0.15) is 52.9 Å². The van der Waals surface area contributed by atoms with E-state index < -0.39 is 0 Å². The fourth-order valence-electron chi connectivity index (χ4n) is 1.72. The summed E-state index contributed by atoms with van der Waals surface area (Å²) in [5, 5.41) is 17.6. The van der Waals surface area contributed by atoms with Gasteiger partial charge in [0.15, 0.2) is 0 Å². The van der Waals surface area contributed by atoms with Gasteiger partial charge in [0, 0.05) is 6.42 Å². The van der Waals surface area contributed by atoms with Crippen LogP contribution < -0.4 is 0 Å². The lowest BCUT2D eigenvalue weighted by molar-refractivity contribution is 0.508. The van der Waals surface area contributed by atoms with Crippen LogP contribution in [0.5, 0.6) is 0 Å². The molecule has 2 nitrogen and oxygen atoms in total. The lowest BCUT2D eigenvalue weighted by Gasteiger charge is -2.14. The van der Waals surface area contributed by atoms with Crippen molar-refractivity contribution in [2.75, 3.05) is 0 Å². The van der Waals surface area contributed by atoms with Crippen LogP contribution >= 0.6 is 0 Å². The van der Waals surface area contributed by atoms with Gasteiger partial charge in [-0.05, 0) is 25.2 Å². The molecule has 0 aliphatic carbocycles. The predicted octanol–water partition coefficient (Wildman–Crippen LogP) is 4.20. The first-order chi connectivity index (χ1) is 7.71. The van der Waals surface area contributed by atoms with Gasteiger partial charge in [0.25, 0.3) is 0 Å². The highest BCUT2D eigenvalue weighted by Gasteiger charge is 2.09. The molecule has 0 aliphatic rings. The Morgan fingerprint density at radius 1 is 1.19 bits per heavy atom. The van der Waals surface area contributed by atoms with Gasteiger partial charge in [-0.2, -0.15) is 10.5 Å². The highest BCUT2D eigenvalue weighted by Crippen LogP contribution is 2.22. The van der Waals surface area contributed by atoms with E-state index in [2.05, 4.69) is 32.1 Å². The average Bonchev–Trinajstić information content (AvgIpc) is 2.33. The molecule has 0 aliphatic heterocycles. The lowest BCUT2D eigenvalue weighted by atomic mass is 9.91. The molecule has 2 heteroatoms. The third kappa shape index (κ3) is 5.56. The number of nitrogens with zero attached hydrogens (tertiary/aromatic N) is 2. The molecule has 0 aromatic heterocycles.